The molecule has 1 aromatic heterocycles. The Morgan fingerprint density at radius 2 is 2.05 bits per heavy atom. The van der Waals surface area contributed by atoms with Gasteiger partial charge in [-0.1, -0.05) is 0 Å². The van der Waals surface area contributed by atoms with E-state index >= 15 is 0 Å². The largest absolute Gasteiger partial charge is 0.419 e. The molecule has 0 unspecified atom stereocenters. The van der Waals surface area contributed by atoms with Gasteiger partial charge >= 0.3 is 5.76 Å². The summed E-state index contributed by atoms with van der Waals surface area (Å²) in [5.74, 6) is -0.518. The lowest BCUT2D eigenvalue weighted by molar-refractivity contribution is 0.412. The standard InChI is InChI=1S/C12H17N3O4S/c1-14(2)7-6-13-20(17,18)9-4-5-10-11(8-9)19-12(16)15(10)3/h4-5,8,13H,6-7H2,1-3H3. The van der Waals surface area contributed by atoms with Crippen LogP contribution in [0.1, 0.15) is 0 Å². The summed E-state index contributed by atoms with van der Waals surface area (Å²) in [6, 6.07) is 4.37. The summed E-state index contributed by atoms with van der Waals surface area (Å²) in [7, 11) is 1.69. The fourth-order valence-electron chi connectivity index (χ4n) is 1.77. The van der Waals surface area contributed by atoms with Crippen LogP contribution in [0, 0.1) is 0 Å². The minimum Gasteiger partial charge on any atom is -0.408 e. The lowest BCUT2D eigenvalue weighted by Crippen LogP contribution is -2.31. The summed E-state index contributed by atoms with van der Waals surface area (Å²) in [6.07, 6.45) is 0. The molecule has 1 heterocycles. The number of hydrogen-bond donors (Lipinski definition) is 1. The van der Waals surface area contributed by atoms with Crippen LogP contribution in [-0.4, -0.2) is 45.1 Å². The van der Waals surface area contributed by atoms with Gasteiger partial charge in [0.1, 0.15) is 0 Å². The average molecular weight is 299 g/mol. The molecule has 7 nitrogen and oxygen atoms in total. The van der Waals surface area contributed by atoms with Gasteiger partial charge in [-0.15, -0.1) is 0 Å². The van der Waals surface area contributed by atoms with E-state index in [-0.39, 0.29) is 10.5 Å². The van der Waals surface area contributed by atoms with E-state index < -0.39 is 15.8 Å². The van der Waals surface area contributed by atoms with Crippen LogP contribution in [0.5, 0.6) is 0 Å². The van der Waals surface area contributed by atoms with Crippen LogP contribution in [0.2, 0.25) is 0 Å². The third-order valence-electron chi connectivity index (χ3n) is 2.93. The lowest BCUT2D eigenvalue weighted by atomic mass is 10.3. The Bertz CT molecular complexity index is 774. The van der Waals surface area contributed by atoms with Crippen molar-refractivity contribution in [2.24, 2.45) is 7.05 Å². The van der Waals surface area contributed by atoms with Crippen molar-refractivity contribution in [1.29, 1.82) is 0 Å². The van der Waals surface area contributed by atoms with Gasteiger partial charge in [-0.2, -0.15) is 0 Å². The molecule has 1 aromatic carbocycles. The Morgan fingerprint density at radius 1 is 1.35 bits per heavy atom. The maximum Gasteiger partial charge on any atom is 0.419 e. The Balaban J connectivity index is 2.30. The second-order valence-electron chi connectivity index (χ2n) is 4.76. The van der Waals surface area contributed by atoms with Crippen LogP contribution < -0.4 is 10.5 Å². The molecular formula is C12H17N3O4S. The highest BCUT2D eigenvalue weighted by atomic mass is 32.2. The van der Waals surface area contributed by atoms with Crippen LogP contribution >= 0.6 is 0 Å². The molecule has 2 aromatic rings. The number of sulfonamides is 1. The van der Waals surface area contributed by atoms with Crippen molar-refractivity contribution in [3.05, 3.63) is 28.7 Å². The predicted octanol–water partition coefficient (Wildman–Crippen LogP) is -0.0286. The van der Waals surface area contributed by atoms with Crippen molar-refractivity contribution in [2.75, 3.05) is 27.2 Å². The predicted molar refractivity (Wildman–Crippen MR) is 75.2 cm³/mol. The van der Waals surface area contributed by atoms with Gasteiger partial charge in [0.2, 0.25) is 10.0 Å². The quantitative estimate of drug-likeness (QED) is 0.838. The molecule has 2 rings (SSSR count). The fourth-order valence-corrected chi connectivity index (χ4v) is 2.80. The summed E-state index contributed by atoms with van der Waals surface area (Å²) in [5, 5.41) is 0. The number of oxazole rings is 1. The first-order valence-corrected chi connectivity index (χ1v) is 7.53. The number of likely N-dealkylation sites (N-methyl/N-ethyl adjacent to an activating group) is 1. The Kier molecular flexibility index (Phi) is 3.98. The molecule has 8 heteroatoms. The summed E-state index contributed by atoms with van der Waals surface area (Å²) >= 11 is 0. The number of hydrogen-bond acceptors (Lipinski definition) is 5. The first-order valence-electron chi connectivity index (χ1n) is 6.05. The molecule has 0 aliphatic heterocycles. The van der Waals surface area contributed by atoms with Crippen molar-refractivity contribution in [1.82, 2.24) is 14.2 Å². The van der Waals surface area contributed by atoms with Crippen molar-refractivity contribution in [3.8, 4) is 0 Å². The number of aromatic nitrogens is 1. The topological polar surface area (TPSA) is 84.6 Å². The van der Waals surface area contributed by atoms with Gasteiger partial charge < -0.3 is 9.32 Å². The fraction of sp³-hybridized carbons (Fsp3) is 0.417. The summed E-state index contributed by atoms with van der Waals surface area (Å²) in [4.78, 5) is 13.3. The van der Waals surface area contributed by atoms with E-state index in [1.54, 1.807) is 13.1 Å². The Labute approximate surface area is 116 Å². The SMILES string of the molecule is CN(C)CCNS(=O)(=O)c1ccc2c(c1)oc(=O)n2C. The van der Waals surface area contributed by atoms with Crippen LogP contribution in [0.25, 0.3) is 11.1 Å². The second kappa shape index (κ2) is 5.39. The molecule has 0 amide bonds. The molecule has 0 radical (unpaired) electrons. The van der Waals surface area contributed by atoms with Gasteiger partial charge in [-0.25, -0.2) is 17.9 Å². The molecule has 0 bridgehead atoms. The van der Waals surface area contributed by atoms with E-state index in [1.807, 2.05) is 19.0 Å². The van der Waals surface area contributed by atoms with E-state index in [9.17, 15) is 13.2 Å². The number of benzene rings is 1. The number of nitrogens with one attached hydrogen (secondary N) is 1. The third-order valence-corrected chi connectivity index (χ3v) is 4.38. The third kappa shape index (κ3) is 2.92. The minimum absolute atomic E-state index is 0.0816. The molecule has 0 aliphatic rings. The maximum atomic E-state index is 12.1. The van der Waals surface area contributed by atoms with Crippen molar-refractivity contribution >= 4 is 21.1 Å². The van der Waals surface area contributed by atoms with Crippen LogP contribution in [-0.2, 0) is 17.1 Å². The Hall–Kier alpha value is -1.64. The average Bonchev–Trinajstić information content (AvgIpc) is 2.64. The minimum atomic E-state index is -3.60. The van der Waals surface area contributed by atoms with Gasteiger partial charge in [0.15, 0.2) is 5.58 Å². The maximum absolute atomic E-state index is 12.1. The summed E-state index contributed by atoms with van der Waals surface area (Å²) in [6.45, 7) is 0.911. The summed E-state index contributed by atoms with van der Waals surface area (Å²) in [5.41, 5.74) is 0.815. The molecular weight excluding hydrogens is 282 g/mol. The molecule has 110 valence electrons. The van der Waals surface area contributed by atoms with Crippen molar-refractivity contribution in [3.63, 3.8) is 0 Å². The zero-order valence-electron chi connectivity index (χ0n) is 11.6. The van der Waals surface area contributed by atoms with E-state index in [4.69, 9.17) is 4.42 Å². The van der Waals surface area contributed by atoms with E-state index in [0.29, 0.717) is 18.6 Å². The van der Waals surface area contributed by atoms with Crippen LogP contribution in [0.4, 0.5) is 0 Å². The smallest absolute Gasteiger partial charge is 0.408 e. The van der Waals surface area contributed by atoms with Gasteiger partial charge in [0.25, 0.3) is 0 Å². The monoisotopic (exact) mass is 299 g/mol. The van der Waals surface area contributed by atoms with Crippen molar-refractivity contribution < 1.29 is 12.8 Å². The van der Waals surface area contributed by atoms with Gasteiger partial charge in [-0.3, -0.25) is 4.57 Å². The van der Waals surface area contributed by atoms with Crippen LogP contribution in [0.3, 0.4) is 0 Å². The van der Waals surface area contributed by atoms with Gasteiger partial charge in [-0.05, 0) is 26.2 Å². The van der Waals surface area contributed by atoms with E-state index in [1.165, 1.54) is 16.7 Å². The zero-order valence-corrected chi connectivity index (χ0v) is 12.4. The van der Waals surface area contributed by atoms with Gasteiger partial charge in [0, 0.05) is 26.2 Å². The zero-order chi connectivity index (χ0) is 14.9. The molecule has 0 saturated heterocycles. The number of fused-ring (bicyclic) bond motifs is 1. The van der Waals surface area contributed by atoms with E-state index in [0.717, 1.165) is 0 Å². The highest BCUT2D eigenvalue weighted by molar-refractivity contribution is 7.89. The first-order chi connectivity index (χ1) is 9.31. The lowest BCUT2D eigenvalue weighted by Gasteiger charge is -2.10. The highest BCUT2D eigenvalue weighted by Gasteiger charge is 2.16. The summed E-state index contributed by atoms with van der Waals surface area (Å²) < 4.78 is 33.0. The molecule has 0 aliphatic carbocycles. The number of rotatable bonds is 5. The number of nitrogens with zero attached hydrogens (tertiary/aromatic N) is 2. The molecule has 0 saturated carbocycles. The Morgan fingerprint density at radius 3 is 2.70 bits per heavy atom. The van der Waals surface area contributed by atoms with Crippen molar-refractivity contribution in [2.45, 2.75) is 4.90 Å². The number of aryl methyl sites for hydroxylation is 1. The molecule has 20 heavy (non-hydrogen) atoms. The molecule has 1 N–H and O–H groups in total. The molecule has 0 spiro atoms. The first kappa shape index (κ1) is 14.8. The second-order valence-corrected chi connectivity index (χ2v) is 6.52. The van der Waals surface area contributed by atoms with Crippen LogP contribution in [0.15, 0.2) is 32.3 Å². The molecule has 0 fully saturated rings. The van der Waals surface area contributed by atoms with E-state index in [2.05, 4.69) is 4.72 Å². The normalized spacial score (nSPS) is 12.4. The van der Waals surface area contributed by atoms with Gasteiger partial charge in [0.05, 0.1) is 10.4 Å². The highest BCUT2D eigenvalue weighted by Crippen LogP contribution is 2.17. The molecule has 0 atom stereocenters.